The van der Waals surface area contributed by atoms with E-state index in [2.05, 4.69) is 0 Å². The second kappa shape index (κ2) is 8.22. The maximum atomic E-state index is 13.0. The molecule has 3 fully saturated rings. The number of esters is 1. The first-order chi connectivity index (χ1) is 15.0. The Morgan fingerprint density at radius 1 is 1.06 bits per heavy atom. The molecule has 2 bridgehead atoms. The number of benzene rings is 1. The van der Waals surface area contributed by atoms with Crippen molar-refractivity contribution in [3.63, 3.8) is 0 Å². The van der Waals surface area contributed by atoms with Crippen LogP contribution in [0.3, 0.4) is 0 Å². The molecule has 3 amide bonds. The number of rotatable bonds is 5. The molecule has 0 aromatic heterocycles. The summed E-state index contributed by atoms with van der Waals surface area (Å²) in [5, 5.41) is 1.16. The Kier molecular flexibility index (Phi) is 5.87. The largest absolute Gasteiger partial charge is 0.454 e. The first-order valence-electron chi connectivity index (χ1n) is 9.75. The van der Waals surface area contributed by atoms with E-state index in [0.717, 1.165) is 17.0 Å². The number of anilines is 1. The minimum atomic E-state index is -4.68. The predicted molar refractivity (Wildman–Crippen MR) is 106 cm³/mol. The number of nitrogens with zero attached hydrogens (tertiary/aromatic N) is 1. The Bertz CT molecular complexity index is 956. The number of imide groups is 1. The summed E-state index contributed by atoms with van der Waals surface area (Å²) in [7, 11) is 0. The SMILES string of the molecule is O=C(COC(=O)CN1C(=O)[C@@H]2[C@H]3C[C@@H]([C@H](Cl)[C@H]3Cl)[C@@H]2C1=O)Nc1ccccc1C(F)(F)F. The quantitative estimate of drug-likeness (QED) is 0.387. The van der Waals surface area contributed by atoms with E-state index in [1.54, 1.807) is 0 Å². The van der Waals surface area contributed by atoms with Gasteiger partial charge in [0, 0.05) is 0 Å². The number of likely N-dealkylation sites (tertiary alicyclic amines) is 1. The number of halogens is 5. The molecule has 1 aromatic carbocycles. The van der Waals surface area contributed by atoms with Crippen LogP contribution in [0.1, 0.15) is 12.0 Å². The zero-order chi connectivity index (χ0) is 23.4. The third-order valence-corrected chi connectivity index (χ3v) is 7.56. The lowest BCUT2D eigenvalue weighted by Gasteiger charge is -2.28. The summed E-state index contributed by atoms with van der Waals surface area (Å²) >= 11 is 12.5. The van der Waals surface area contributed by atoms with Gasteiger partial charge in [-0.05, 0) is 30.4 Å². The molecule has 1 N–H and O–H groups in total. The van der Waals surface area contributed by atoms with Gasteiger partial charge in [-0.3, -0.25) is 24.1 Å². The fourth-order valence-electron chi connectivity index (χ4n) is 4.91. The summed E-state index contributed by atoms with van der Waals surface area (Å²) in [6.07, 6.45) is -4.11. The number of ether oxygens (including phenoxy) is 1. The van der Waals surface area contributed by atoms with Crippen LogP contribution in [0.25, 0.3) is 0 Å². The van der Waals surface area contributed by atoms with Crippen LogP contribution in [0.15, 0.2) is 24.3 Å². The third kappa shape index (κ3) is 3.83. The molecule has 1 aromatic rings. The van der Waals surface area contributed by atoms with Gasteiger partial charge >= 0.3 is 12.1 Å². The second-order valence-corrected chi connectivity index (χ2v) is 9.03. The van der Waals surface area contributed by atoms with Gasteiger partial charge in [0.1, 0.15) is 6.54 Å². The van der Waals surface area contributed by atoms with Crippen molar-refractivity contribution in [3.8, 4) is 0 Å². The first-order valence-corrected chi connectivity index (χ1v) is 10.6. The Hall–Kier alpha value is -2.33. The number of hydrogen-bond donors (Lipinski definition) is 1. The molecule has 0 spiro atoms. The van der Waals surface area contributed by atoms with Crippen LogP contribution in [0.5, 0.6) is 0 Å². The molecule has 0 radical (unpaired) electrons. The molecule has 32 heavy (non-hydrogen) atoms. The first kappa shape index (κ1) is 22.8. The average Bonchev–Trinajstić information content (AvgIpc) is 3.33. The summed E-state index contributed by atoms with van der Waals surface area (Å²) in [6.45, 7) is -1.58. The molecule has 6 atom stereocenters. The Morgan fingerprint density at radius 3 is 2.19 bits per heavy atom. The number of carbonyl (C=O) groups excluding carboxylic acids is 4. The van der Waals surface area contributed by atoms with Crippen LogP contribution in [0, 0.1) is 23.7 Å². The van der Waals surface area contributed by atoms with Crippen molar-refractivity contribution in [3.05, 3.63) is 29.8 Å². The van der Waals surface area contributed by atoms with Crippen molar-refractivity contribution in [2.24, 2.45) is 23.7 Å². The number of alkyl halides is 5. The lowest BCUT2D eigenvalue weighted by Crippen LogP contribution is -2.38. The van der Waals surface area contributed by atoms with Crippen molar-refractivity contribution in [1.29, 1.82) is 0 Å². The molecule has 2 aliphatic carbocycles. The number of carbonyl (C=O) groups is 4. The van der Waals surface area contributed by atoms with Gasteiger partial charge in [0.15, 0.2) is 6.61 Å². The number of para-hydroxylation sites is 1. The number of fused-ring (bicyclic) bond motifs is 5. The van der Waals surface area contributed by atoms with Gasteiger partial charge in [0.25, 0.3) is 5.91 Å². The summed E-state index contributed by atoms with van der Waals surface area (Å²) in [5.74, 6) is -4.83. The van der Waals surface area contributed by atoms with Crippen molar-refractivity contribution < 1.29 is 37.1 Å². The highest BCUT2D eigenvalue weighted by Crippen LogP contribution is 2.59. The fraction of sp³-hybridized carbons (Fsp3) is 0.500. The molecular formula is C20H17Cl2F3N2O5. The number of amides is 3. The standard InChI is InChI=1S/C20H17Cl2F3N2O5/c21-16-8-5-9(17(16)22)15-14(8)18(30)27(19(15)31)6-13(29)32-7-12(28)26-11-4-2-1-3-10(11)20(23,24)25/h1-4,8-9,14-17H,5-7H2,(H,26,28)/t8-,9-,14-,15+,16+,17+/m1/s1. The van der Waals surface area contributed by atoms with E-state index in [0.29, 0.717) is 6.42 Å². The lowest BCUT2D eigenvalue weighted by molar-refractivity contribution is -0.154. The highest BCUT2D eigenvalue weighted by Gasteiger charge is 2.66. The lowest BCUT2D eigenvalue weighted by atomic mass is 9.80. The van der Waals surface area contributed by atoms with Crippen LogP contribution in [0.4, 0.5) is 18.9 Å². The van der Waals surface area contributed by atoms with Crippen molar-refractivity contribution in [1.82, 2.24) is 4.90 Å². The van der Waals surface area contributed by atoms with Crippen LogP contribution < -0.4 is 5.32 Å². The maximum absolute atomic E-state index is 13.0. The minimum Gasteiger partial charge on any atom is -0.454 e. The summed E-state index contributed by atoms with van der Waals surface area (Å²) < 4.78 is 43.8. The van der Waals surface area contributed by atoms with Crippen molar-refractivity contribution in [2.45, 2.75) is 23.4 Å². The van der Waals surface area contributed by atoms with Gasteiger partial charge in [-0.15, -0.1) is 23.2 Å². The highest BCUT2D eigenvalue weighted by atomic mass is 35.5. The molecule has 172 valence electrons. The average molecular weight is 493 g/mol. The van der Waals surface area contributed by atoms with Crippen molar-refractivity contribution >= 4 is 52.6 Å². The van der Waals surface area contributed by atoms with Gasteiger partial charge in [-0.2, -0.15) is 13.2 Å². The molecular weight excluding hydrogens is 476 g/mol. The fourth-order valence-corrected chi connectivity index (χ4v) is 5.81. The van der Waals surface area contributed by atoms with E-state index in [-0.39, 0.29) is 11.8 Å². The molecule has 4 rings (SSSR count). The normalized spacial score (nSPS) is 31.1. The smallest absolute Gasteiger partial charge is 0.418 e. The molecule has 1 aliphatic heterocycles. The molecule has 1 heterocycles. The van der Waals surface area contributed by atoms with E-state index in [4.69, 9.17) is 27.9 Å². The van der Waals surface area contributed by atoms with Crippen molar-refractivity contribution in [2.75, 3.05) is 18.5 Å². The molecule has 0 unspecified atom stereocenters. The minimum absolute atomic E-state index is 0.244. The summed E-state index contributed by atoms with van der Waals surface area (Å²) in [5.41, 5.74) is -1.54. The van der Waals surface area contributed by atoms with Crippen LogP contribution in [0.2, 0.25) is 0 Å². The number of nitrogens with one attached hydrogen (secondary N) is 1. The highest BCUT2D eigenvalue weighted by molar-refractivity contribution is 6.31. The topological polar surface area (TPSA) is 92.8 Å². The summed E-state index contributed by atoms with van der Waals surface area (Å²) in [6, 6.07) is 4.34. The van der Waals surface area contributed by atoms with E-state index >= 15 is 0 Å². The van der Waals surface area contributed by atoms with Gasteiger partial charge in [-0.1, -0.05) is 12.1 Å². The van der Waals surface area contributed by atoms with Crippen LogP contribution >= 0.6 is 23.2 Å². The Morgan fingerprint density at radius 2 is 1.62 bits per heavy atom. The molecule has 3 aliphatic rings. The summed E-state index contributed by atoms with van der Waals surface area (Å²) in [4.78, 5) is 50.3. The third-order valence-electron chi connectivity index (χ3n) is 6.24. The monoisotopic (exact) mass is 492 g/mol. The van der Waals surface area contributed by atoms with Crippen LogP contribution in [-0.4, -0.2) is 52.5 Å². The van der Waals surface area contributed by atoms with Gasteiger partial charge in [-0.25, -0.2) is 0 Å². The molecule has 2 saturated carbocycles. The predicted octanol–water partition coefficient (Wildman–Crippen LogP) is 2.65. The molecule has 7 nitrogen and oxygen atoms in total. The van der Waals surface area contributed by atoms with Gasteiger partial charge < -0.3 is 10.1 Å². The Balaban J connectivity index is 1.33. The Labute approximate surface area is 190 Å². The van der Waals surface area contributed by atoms with E-state index < -0.39 is 76.9 Å². The van der Waals surface area contributed by atoms with Gasteiger partial charge in [0.2, 0.25) is 11.8 Å². The van der Waals surface area contributed by atoms with Crippen LogP contribution in [-0.2, 0) is 30.1 Å². The zero-order valence-corrected chi connectivity index (χ0v) is 17.8. The zero-order valence-electron chi connectivity index (χ0n) is 16.3. The molecule has 1 saturated heterocycles. The van der Waals surface area contributed by atoms with Gasteiger partial charge in [0.05, 0.1) is 33.8 Å². The van der Waals surface area contributed by atoms with E-state index in [1.165, 1.54) is 12.1 Å². The van der Waals surface area contributed by atoms with E-state index in [1.807, 2.05) is 5.32 Å². The maximum Gasteiger partial charge on any atom is 0.418 e. The molecule has 12 heteroatoms. The second-order valence-electron chi connectivity index (χ2n) is 8.02. The van der Waals surface area contributed by atoms with E-state index in [9.17, 15) is 32.3 Å². The number of hydrogen-bond acceptors (Lipinski definition) is 5.